The van der Waals surface area contributed by atoms with E-state index in [4.69, 9.17) is 14.6 Å². The molecule has 1 atom stereocenters. The largest absolute Gasteiger partial charge is 0.493 e. The molecule has 0 radical (unpaired) electrons. The zero-order valence-electron chi connectivity index (χ0n) is 16.4. The van der Waals surface area contributed by atoms with Crippen LogP contribution in [-0.2, 0) is 16.0 Å². The lowest BCUT2D eigenvalue weighted by Gasteiger charge is -2.13. The molecular formula is C21H21IN2O5S. The van der Waals surface area contributed by atoms with Crippen LogP contribution in [0.3, 0.4) is 0 Å². The van der Waals surface area contributed by atoms with Crippen LogP contribution in [0, 0.1) is 3.57 Å². The van der Waals surface area contributed by atoms with E-state index in [9.17, 15) is 9.59 Å². The highest BCUT2D eigenvalue weighted by molar-refractivity contribution is 14.1. The third kappa shape index (κ3) is 5.60. The number of benzene rings is 2. The first-order chi connectivity index (χ1) is 14.4. The zero-order valence-corrected chi connectivity index (χ0v) is 19.4. The summed E-state index contributed by atoms with van der Waals surface area (Å²) < 4.78 is 11.3. The second kappa shape index (κ2) is 10.1. The molecule has 0 spiro atoms. The van der Waals surface area contributed by atoms with Crippen molar-refractivity contribution in [3.63, 3.8) is 0 Å². The van der Waals surface area contributed by atoms with Gasteiger partial charge in [0.15, 0.2) is 23.6 Å². The number of carboxylic acid groups (broad SMARTS) is 1. The highest BCUT2D eigenvalue weighted by atomic mass is 127. The number of methoxy groups -OCH3 is 1. The average molecular weight is 540 g/mol. The summed E-state index contributed by atoms with van der Waals surface area (Å²) in [5.41, 5.74) is 2.67. The van der Waals surface area contributed by atoms with Crippen LogP contribution in [0.4, 0.5) is 5.69 Å². The smallest absolute Gasteiger partial charge is 0.341 e. The Kier molecular flexibility index (Phi) is 7.48. The van der Waals surface area contributed by atoms with Gasteiger partial charge in [-0.2, -0.15) is 0 Å². The van der Waals surface area contributed by atoms with E-state index in [0.29, 0.717) is 20.0 Å². The maximum atomic E-state index is 12.4. The lowest BCUT2D eigenvalue weighted by Crippen LogP contribution is -2.30. The molecule has 7 nitrogen and oxygen atoms in total. The number of aryl methyl sites for hydroxylation is 1. The summed E-state index contributed by atoms with van der Waals surface area (Å²) in [4.78, 5) is 23.7. The first-order valence-corrected chi connectivity index (χ1v) is 11.1. The molecule has 9 heteroatoms. The van der Waals surface area contributed by atoms with E-state index in [1.54, 1.807) is 12.1 Å². The van der Waals surface area contributed by atoms with E-state index in [0.717, 1.165) is 17.7 Å². The van der Waals surface area contributed by atoms with Gasteiger partial charge in [0.2, 0.25) is 0 Å². The number of aliphatic carboxylic acids is 1. The number of nitrogens with one attached hydrogen (secondary N) is 2. The topological polar surface area (TPSA) is 96.9 Å². The zero-order chi connectivity index (χ0) is 21.7. The van der Waals surface area contributed by atoms with Gasteiger partial charge in [0.1, 0.15) is 0 Å². The summed E-state index contributed by atoms with van der Waals surface area (Å²) in [6.07, 6.45) is 2.75. The Morgan fingerprint density at radius 2 is 2.07 bits per heavy atom. The van der Waals surface area contributed by atoms with E-state index in [1.165, 1.54) is 24.4 Å². The van der Waals surface area contributed by atoms with Crippen molar-refractivity contribution in [2.75, 3.05) is 19.0 Å². The predicted octanol–water partition coefficient (Wildman–Crippen LogP) is 3.93. The van der Waals surface area contributed by atoms with Crippen LogP contribution in [0.25, 0.3) is 6.08 Å². The van der Waals surface area contributed by atoms with Gasteiger partial charge >= 0.3 is 5.97 Å². The van der Waals surface area contributed by atoms with Crippen molar-refractivity contribution in [1.82, 2.24) is 5.32 Å². The third-order valence-corrected chi connectivity index (χ3v) is 6.11. The van der Waals surface area contributed by atoms with E-state index < -0.39 is 12.6 Å². The number of hydrogen-bond acceptors (Lipinski definition) is 6. The number of carbonyl (C=O) groups excluding carboxylic acids is 1. The number of hydrogen-bond donors (Lipinski definition) is 3. The van der Waals surface area contributed by atoms with E-state index in [2.05, 4.69) is 52.3 Å². The Balaban J connectivity index is 1.74. The van der Waals surface area contributed by atoms with Gasteiger partial charge in [-0.3, -0.25) is 4.79 Å². The average Bonchev–Trinajstić information content (AvgIpc) is 3.05. The molecule has 1 saturated heterocycles. The number of amides is 1. The Bertz CT molecular complexity index is 978. The molecule has 0 saturated carbocycles. The fraction of sp³-hybridized carbons (Fsp3) is 0.238. The number of carboxylic acids is 1. The molecule has 0 aliphatic carbocycles. The minimum atomic E-state index is -1.07. The second-order valence-corrected chi connectivity index (χ2v) is 8.70. The van der Waals surface area contributed by atoms with Gasteiger partial charge in [-0.25, -0.2) is 4.79 Å². The maximum absolute atomic E-state index is 12.4. The van der Waals surface area contributed by atoms with Crippen molar-refractivity contribution in [3.8, 4) is 11.5 Å². The molecule has 1 unspecified atom stereocenters. The highest BCUT2D eigenvalue weighted by Gasteiger charge is 2.27. The van der Waals surface area contributed by atoms with Gasteiger partial charge in [0.05, 0.1) is 15.6 Å². The van der Waals surface area contributed by atoms with Gasteiger partial charge in [-0.1, -0.05) is 30.8 Å². The number of thioether (sulfide) groups is 1. The number of anilines is 1. The first-order valence-electron chi connectivity index (χ1n) is 9.16. The van der Waals surface area contributed by atoms with Gasteiger partial charge in [-0.15, -0.1) is 0 Å². The van der Waals surface area contributed by atoms with Crippen molar-refractivity contribution in [3.05, 3.63) is 56.0 Å². The van der Waals surface area contributed by atoms with Crippen LogP contribution >= 0.6 is 34.4 Å². The summed E-state index contributed by atoms with van der Waals surface area (Å²) in [5, 5.41) is 15.0. The van der Waals surface area contributed by atoms with Crippen LogP contribution in [0.15, 0.2) is 41.3 Å². The molecule has 158 valence electrons. The summed E-state index contributed by atoms with van der Waals surface area (Å²) in [7, 11) is 1.48. The lowest BCUT2D eigenvalue weighted by atomic mass is 10.1. The van der Waals surface area contributed by atoms with Gasteiger partial charge < -0.3 is 25.2 Å². The second-order valence-electron chi connectivity index (χ2n) is 6.39. The van der Waals surface area contributed by atoms with Crippen molar-refractivity contribution >= 4 is 58.0 Å². The van der Waals surface area contributed by atoms with Crippen LogP contribution < -0.4 is 20.1 Å². The Morgan fingerprint density at radius 3 is 2.70 bits per heavy atom. The molecule has 0 bridgehead atoms. The molecule has 1 fully saturated rings. The SMILES string of the molecule is CCc1ccc(NC2NC(=O)/C(=C/c3cc(I)c(OCC(=O)O)c(OC)c3)S2)cc1. The minimum Gasteiger partial charge on any atom is -0.493 e. The summed E-state index contributed by atoms with van der Waals surface area (Å²) in [5.74, 6) is -0.464. The molecule has 1 amide bonds. The Labute approximate surface area is 192 Å². The molecule has 1 aliphatic rings. The van der Waals surface area contributed by atoms with Gasteiger partial charge in [0, 0.05) is 5.69 Å². The molecule has 3 rings (SSSR count). The number of ether oxygens (including phenoxy) is 2. The summed E-state index contributed by atoms with van der Waals surface area (Å²) in [6, 6.07) is 11.6. The monoisotopic (exact) mass is 540 g/mol. The maximum Gasteiger partial charge on any atom is 0.341 e. The summed E-state index contributed by atoms with van der Waals surface area (Å²) in [6.45, 7) is 1.64. The van der Waals surface area contributed by atoms with E-state index in [1.807, 2.05) is 18.2 Å². The van der Waals surface area contributed by atoms with Crippen molar-refractivity contribution < 1.29 is 24.2 Å². The fourth-order valence-electron chi connectivity index (χ4n) is 2.80. The number of rotatable bonds is 8. The molecule has 0 aromatic heterocycles. The normalized spacial score (nSPS) is 17.0. The molecule has 30 heavy (non-hydrogen) atoms. The van der Waals surface area contributed by atoms with Crippen LogP contribution in [-0.4, -0.2) is 36.2 Å². The molecule has 2 aromatic carbocycles. The van der Waals surface area contributed by atoms with Crippen LogP contribution in [0.2, 0.25) is 0 Å². The van der Waals surface area contributed by atoms with Crippen molar-refractivity contribution in [1.29, 1.82) is 0 Å². The van der Waals surface area contributed by atoms with Crippen LogP contribution in [0.1, 0.15) is 18.1 Å². The van der Waals surface area contributed by atoms with Crippen LogP contribution in [0.5, 0.6) is 11.5 Å². The molecule has 3 N–H and O–H groups in total. The molecular weight excluding hydrogens is 519 g/mol. The highest BCUT2D eigenvalue weighted by Crippen LogP contribution is 2.36. The minimum absolute atomic E-state index is 0.164. The third-order valence-electron chi connectivity index (χ3n) is 4.28. The van der Waals surface area contributed by atoms with Gasteiger partial charge in [0.25, 0.3) is 5.91 Å². The standard InChI is InChI=1S/C21H21IN2O5S/c1-3-12-4-6-14(7-5-12)23-21-24-20(27)17(30-21)10-13-8-15(22)19(16(9-13)28-2)29-11-18(25)26/h4-10,21,23H,3,11H2,1-2H3,(H,24,27)(H,25,26)/b17-10-. The van der Waals surface area contributed by atoms with Crippen molar-refractivity contribution in [2.24, 2.45) is 0 Å². The quantitative estimate of drug-likeness (QED) is 0.345. The van der Waals surface area contributed by atoms with E-state index >= 15 is 0 Å². The first kappa shape index (κ1) is 22.3. The fourth-order valence-corrected chi connectivity index (χ4v) is 4.57. The number of halogens is 1. The number of carbonyl (C=O) groups is 2. The lowest BCUT2D eigenvalue weighted by molar-refractivity contribution is -0.139. The van der Waals surface area contributed by atoms with Gasteiger partial charge in [-0.05, 0) is 70.5 Å². The Hall–Kier alpha value is -2.40. The van der Waals surface area contributed by atoms with Crippen molar-refractivity contribution in [2.45, 2.75) is 18.8 Å². The molecule has 1 heterocycles. The van der Waals surface area contributed by atoms with E-state index in [-0.39, 0.29) is 11.4 Å². The molecule has 1 aliphatic heterocycles. The summed E-state index contributed by atoms with van der Waals surface area (Å²) >= 11 is 3.44. The predicted molar refractivity (Wildman–Crippen MR) is 126 cm³/mol. The molecule has 2 aromatic rings. The Morgan fingerprint density at radius 1 is 1.33 bits per heavy atom.